The molecule has 1 atom stereocenters. The zero-order chi connectivity index (χ0) is 12.4. The molecule has 0 amide bonds. The van der Waals surface area contributed by atoms with E-state index in [1.54, 1.807) is 0 Å². The SMILES string of the molecule is CC(CCC(=O)O)c1c[nH]c2ccc(Br)cc12. The summed E-state index contributed by atoms with van der Waals surface area (Å²) in [6.07, 6.45) is 2.85. The Bertz CT molecular complexity index is 547. The van der Waals surface area contributed by atoms with Crippen molar-refractivity contribution in [2.45, 2.75) is 25.7 Å². The number of carboxylic acids is 1. The number of fused-ring (bicyclic) bond motifs is 1. The highest BCUT2D eigenvalue weighted by molar-refractivity contribution is 9.10. The quantitative estimate of drug-likeness (QED) is 0.899. The normalized spacial score (nSPS) is 12.8. The third-order valence-electron chi connectivity index (χ3n) is 3.00. The molecule has 1 aromatic carbocycles. The molecular formula is C13H14BrNO2. The Kier molecular flexibility index (Phi) is 3.52. The van der Waals surface area contributed by atoms with Gasteiger partial charge >= 0.3 is 5.97 Å². The third kappa shape index (κ3) is 2.69. The minimum Gasteiger partial charge on any atom is -0.481 e. The van der Waals surface area contributed by atoms with Crippen molar-refractivity contribution in [1.29, 1.82) is 0 Å². The van der Waals surface area contributed by atoms with Gasteiger partial charge in [-0.05, 0) is 36.1 Å². The summed E-state index contributed by atoms with van der Waals surface area (Å²) in [4.78, 5) is 13.8. The highest BCUT2D eigenvalue weighted by Crippen LogP contribution is 2.30. The van der Waals surface area contributed by atoms with Gasteiger partial charge in [0, 0.05) is 28.0 Å². The molecule has 0 spiro atoms. The second-order valence-electron chi connectivity index (χ2n) is 4.27. The topological polar surface area (TPSA) is 53.1 Å². The maximum absolute atomic E-state index is 10.6. The van der Waals surface area contributed by atoms with Gasteiger partial charge in [-0.3, -0.25) is 4.79 Å². The molecule has 2 aromatic rings. The predicted molar refractivity (Wildman–Crippen MR) is 71.3 cm³/mol. The van der Waals surface area contributed by atoms with Crippen LogP contribution >= 0.6 is 15.9 Å². The van der Waals surface area contributed by atoms with Crippen LogP contribution in [0, 0.1) is 0 Å². The van der Waals surface area contributed by atoms with Gasteiger partial charge in [-0.15, -0.1) is 0 Å². The number of aromatic amines is 1. The Balaban J connectivity index is 2.28. The van der Waals surface area contributed by atoms with E-state index in [0.717, 1.165) is 15.4 Å². The highest BCUT2D eigenvalue weighted by atomic mass is 79.9. The summed E-state index contributed by atoms with van der Waals surface area (Å²) in [5.41, 5.74) is 2.27. The molecule has 1 aromatic heterocycles. The highest BCUT2D eigenvalue weighted by Gasteiger charge is 2.12. The van der Waals surface area contributed by atoms with E-state index in [-0.39, 0.29) is 12.3 Å². The number of rotatable bonds is 4. The number of aliphatic carboxylic acids is 1. The minimum absolute atomic E-state index is 0.210. The third-order valence-corrected chi connectivity index (χ3v) is 3.49. The predicted octanol–water partition coefficient (Wildman–Crippen LogP) is 3.90. The molecular weight excluding hydrogens is 282 g/mol. The number of carbonyl (C=O) groups is 1. The molecule has 0 aliphatic carbocycles. The first-order chi connectivity index (χ1) is 8.08. The molecule has 0 saturated carbocycles. The van der Waals surface area contributed by atoms with E-state index in [2.05, 4.69) is 33.9 Å². The van der Waals surface area contributed by atoms with Gasteiger partial charge in [-0.2, -0.15) is 0 Å². The fraction of sp³-hybridized carbons (Fsp3) is 0.308. The van der Waals surface area contributed by atoms with Crippen molar-refractivity contribution in [3.63, 3.8) is 0 Å². The molecule has 2 N–H and O–H groups in total. The molecule has 2 rings (SSSR count). The van der Waals surface area contributed by atoms with Crippen LogP contribution in [0.3, 0.4) is 0 Å². The summed E-state index contributed by atoms with van der Waals surface area (Å²) in [7, 11) is 0. The maximum Gasteiger partial charge on any atom is 0.303 e. The van der Waals surface area contributed by atoms with Crippen LogP contribution in [0.25, 0.3) is 10.9 Å². The number of H-pyrrole nitrogens is 1. The lowest BCUT2D eigenvalue weighted by molar-refractivity contribution is -0.137. The molecule has 90 valence electrons. The van der Waals surface area contributed by atoms with E-state index < -0.39 is 5.97 Å². The Hall–Kier alpha value is -1.29. The molecule has 0 bridgehead atoms. The van der Waals surface area contributed by atoms with Crippen LogP contribution in [0.5, 0.6) is 0 Å². The molecule has 4 heteroatoms. The molecule has 0 aliphatic rings. The van der Waals surface area contributed by atoms with Crippen molar-refractivity contribution in [2.24, 2.45) is 0 Å². The summed E-state index contributed by atoms with van der Waals surface area (Å²) < 4.78 is 1.04. The number of hydrogen-bond donors (Lipinski definition) is 2. The van der Waals surface area contributed by atoms with Gasteiger partial charge in [0.05, 0.1) is 0 Å². The van der Waals surface area contributed by atoms with E-state index in [1.165, 1.54) is 5.56 Å². The van der Waals surface area contributed by atoms with Crippen LogP contribution in [0.4, 0.5) is 0 Å². The van der Waals surface area contributed by atoms with Crippen LogP contribution < -0.4 is 0 Å². The molecule has 0 aliphatic heterocycles. The standard InChI is InChI=1S/C13H14BrNO2/c1-8(2-5-13(16)17)11-7-15-12-4-3-9(14)6-10(11)12/h3-4,6-8,15H,2,5H2,1H3,(H,16,17). The van der Waals surface area contributed by atoms with Crippen LogP contribution in [-0.4, -0.2) is 16.1 Å². The van der Waals surface area contributed by atoms with Gasteiger partial charge in [-0.25, -0.2) is 0 Å². The molecule has 17 heavy (non-hydrogen) atoms. The second kappa shape index (κ2) is 4.92. The van der Waals surface area contributed by atoms with E-state index >= 15 is 0 Å². The summed E-state index contributed by atoms with van der Waals surface area (Å²) >= 11 is 3.45. The van der Waals surface area contributed by atoms with Crippen LogP contribution in [0.1, 0.15) is 31.2 Å². The van der Waals surface area contributed by atoms with Crippen LogP contribution in [-0.2, 0) is 4.79 Å². The van der Waals surface area contributed by atoms with Crippen LogP contribution in [0.2, 0.25) is 0 Å². The van der Waals surface area contributed by atoms with Crippen molar-refractivity contribution < 1.29 is 9.90 Å². The lowest BCUT2D eigenvalue weighted by atomic mass is 9.96. The van der Waals surface area contributed by atoms with E-state index in [1.807, 2.05) is 18.3 Å². The zero-order valence-corrected chi connectivity index (χ0v) is 11.1. The van der Waals surface area contributed by atoms with Gasteiger partial charge in [0.2, 0.25) is 0 Å². The molecule has 1 heterocycles. The average molecular weight is 296 g/mol. The summed E-state index contributed by atoms with van der Waals surface area (Å²) in [6, 6.07) is 6.08. The van der Waals surface area contributed by atoms with E-state index in [4.69, 9.17) is 5.11 Å². The smallest absolute Gasteiger partial charge is 0.303 e. The Morgan fingerprint density at radius 2 is 2.29 bits per heavy atom. The second-order valence-corrected chi connectivity index (χ2v) is 5.18. The number of aromatic nitrogens is 1. The van der Waals surface area contributed by atoms with Crippen molar-refractivity contribution in [3.05, 3.63) is 34.4 Å². The molecule has 3 nitrogen and oxygen atoms in total. The Morgan fingerprint density at radius 1 is 1.53 bits per heavy atom. The largest absolute Gasteiger partial charge is 0.481 e. The molecule has 0 saturated heterocycles. The Labute approximate surface area is 108 Å². The van der Waals surface area contributed by atoms with Crippen molar-refractivity contribution >= 4 is 32.8 Å². The number of nitrogens with one attached hydrogen (secondary N) is 1. The molecule has 0 radical (unpaired) electrons. The van der Waals surface area contributed by atoms with Gasteiger partial charge < -0.3 is 10.1 Å². The van der Waals surface area contributed by atoms with Gasteiger partial charge in [0.1, 0.15) is 0 Å². The van der Waals surface area contributed by atoms with E-state index in [0.29, 0.717) is 6.42 Å². The number of carboxylic acid groups (broad SMARTS) is 1. The Morgan fingerprint density at radius 3 is 3.00 bits per heavy atom. The number of halogens is 1. The van der Waals surface area contributed by atoms with Crippen molar-refractivity contribution in [1.82, 2.24) is 4.98 Å². The van der Waals surface area contributed by atoms with Gasteiger partial charge in [0.25, 0.3) is 0 Å². The summed E-state index contributed by atoms with van der Waals surface area (Å²) in [6.45, 7) is 2.06. The monoisotopic (exact) mass is 295 g/mol. The van der Waals surface area contributed by atoms with Crippen LogP contribution in [0.15, 0.2) is 28.9 Å². The number of hydrogen-bond acceptors (Lipinski definition) is 1. The summed E-state index contributed by atoms with van der Waals surface area (Å²) in [5.74, 6) is -0.493. The first kappa shape index (κ1) is 12.2. The zero-order valence-electron chi connectivity index (χ0n) is 9.53. The number of benzene rings is 1. The lowest BCUT2D eigenvalue weighted by Gasteiger charge is -2.08. The fourth-order valence-corrected chi connectivity index (χ4v) is 2.38. The van der Waals surface area contributed by atoms with Gasteiger partial charge in [-0.1, -0.05) is 22.9 Å². The fourth-order valence-electron chi connectivity index (χ4n) is 2.02. The first-order valence-electron chi connectivity index (χ1n) is 5.56. The first-order valence-corrected chi connectivity index (χ1v) is 6.35. The molecule has 0 fully saturated rings. The van der Waals surface area contributed by atoms with Crippen molar-refractivity contribution in [2.75, 3.05) is 0 Å². The maximum atomic E-state index is 10.6. The minimum atomic E-state index is -0.738. The van der Waals surface area contributed by atoms with Gasteiger partial charge in [0.15, 0.2) is 0 Å². The lowest BCUT2D eigenvalue weighted by Crippen LogP contribution is -1.99. The van der Waals surface area contributed by atoms with Crippen molar-refractivity contribution in [3.8, 4) is 0 Å². The molecule has 1 unspecified atom stereocenters. The van der Waals surface area contributed by atoms with E-state index in [9.17, 15) is 4.79 Å². The average Bonchev–Trinajstić information content (AvgIpc) is 2.68. The summed E-state index contributed by atoms with van der Waals surface area (Å²) in [5, 5.41) is 9.87.